The van der Waals surface area contributed by atoms with Gasteiger partial charge >= 0.3 is 0 Å². The molecule has 0 spiro atoms. The minimum atomic E-state index is -0.261. The number of thiophene rings is 1. The van der Waals surface area contributed by atoms with E-state index in [4.69, 9.17) is 18.6 Å². The van der Waals surface area contributed by atoms with Gasteiger partial charge in [-0.05, 0) is 43.7 Å². The highest BCUT2D eigenvalue weighted by atomic mass is 32.1. The monoisotopic (exact) mass is 432 g/mol. The zero-order chi connectivity index (χ0) is 21.0. The second-order valence-corrected chi connectivity index (χ2v) is 9.23. The van der Waals surface area contributed by atoms with Crippen LogP contribution in [0, 0.1) is 0 Å². The summed E-state index contributed by atoms with van der Waals surface area (Å²) in [6.45, 7) is 5.29. The summed E-state index contributed by atoms with van der Waals surface area (Å²) >= 11 is 1.60. The molecule has 0 fully saturated rings. The van der Waals surface area contributed by atoms with Gasteiger partial charge in [0.2, 0.25) is 0 Å². The van der Waals surface area contributed by atoms with E-state index in [9.17, 15) is 0 Å². The average Bonchev–Trinajstić information content (AvgIpc) is 3.51. The van der Waals surface area contributed by atoms with Crippen LogP contribution in [0.2, 0.25) is 0 Å². The number of hydrogen-bond acceptors (Lipinski definition) is 8. The third kappa shape index (κ3) is 3.10. The Morgan fingerprint density at radius 3 is 2.77 bits per heavy atom. The fourth-order valence-corrected chi connectivity index (χ4v) is 5.26. The molecule has 7 nitrogen and oxygen atoms in total. The van der Waals surface area contributed by atoms with Crippen LogP contribution < -0.4 is 5.32 Å². The number of nitrogens with zero attached hydrogens (tertiary/aromatic N) is 3. The molecule has 31 heavy (non-hydrogen) atoms. The summed E-state index contributed by atoms with van der Waals surface area (Å²) in [5.41, 5.74) is 3.81. The van der Waals surface area contributed by atoms with Crippen LogP contribution in [0.4, 0.5) is 5.82 Å². The molecule has 0 saturated heterocycles. The van der Waals surface area contributed by atoms with Gasteiger partial charge in [-0.3, -0.25) is 0 Å². The molecule has 1 aliphatic rings. The first-order valence-electron chi connectivity index (χ1n) is 10.1. The summed E-state index contributed by atoms with van der Waals surface area (Å²) in [4.78, 5) is 15.1. The standard InChI is InChI=1S/C23H20N4O3S/c1-23(2)9-14-15(11-30-23)18(16-6-4-8-29-16)27-22-17(14)19-20(31-22)21(26-12-25-19)24-10-13-5-3-7-28-13/h3-8,12H,9-11H2,1-2H3,(H,24,25,26). The third-order valence-corrected chi connectivity index (χ3v) is 6.67. The highest BCUT2D eigenvalue weighted by Crippen LogP contribution is 2.44. The minimum absolute atomic E-state index is 0.261. The van der Waals surface area contributed by atoms with Crippen molar-refractivity contribution in [2.24, 2.45) is 0 Å². The molecule has 0 amide bonds. The fourth-order valence-electron chi connectivity index (χ4n) is 4.13. The van der Waals surface area contributed by atoms with Crippen LogP contribution in [0.25, 0.3) is 31.9 Å². The largest absolute Gasteiger partial charge is 0.467 e. The van der Waals surface area contributed by atoms with Crippen molar-refractivity contribution in [2.75, 3.05) is 5.32 Å². The lowest BCUT2D eigenvalue weighted by Gasteiger charge is -2.32. The van der Waals surface area contributed by atoms with Gasteiger partial charge in [0.1, 0.15) is 28.4 Å². The number of pyridine rings is 1. The SMILES string of the molecule is CC1(C)Cc2c(c(-c3ccco3)nc3sc4c(NCc5ccco5)ncnc4c23)CO1. The summed E-state index contributed by atoms with van der Waals surface area (Å²) < 4.78 is 18.3. The summed E-state index contributed by atoms with van der Waals surface area (Å²) in [5.74, 6) is 2.38. The molecule has 0 bridgehead atoms. The van der Waals surface area contributed by atoms with Crippen LogP contribution in [0.1, 0.15) is 30.7 Å². The first kappa shape index (κ1) is 18.5. The summed E-state index contributed by atoms with van der Waals surface area (Å²) in [5, 5.41) is 4.47. The van der Waals surface area contributed by atoms with E-state index in [1.54, 1.807) is 30.2 Å². The third-order valence-electron chi connectivity index (χ3n) is 5.59. The number of fused-ring (bicyclic) bond motifs is 5. The van der Waals surface area contributed by atoms with E-state index < -0.39 is 0 Å². The van der Waals surface area contributed by atoms with E-state index in [0.29, 0.717) is 13.2 Å². The molecule has 1 aliphatic heterocycles. The Labute approximate surface area is 182 Å². The molecule has 8 heteroatoms. The van der Waals surface area contributed by atoms with Gasteiger partial charge in [-0.2, -0.15) is 0 Å². The zero-order valence-electron chi connectivity index (χ0n) is 17.1. The van der Waals surface area contributed by atoms with Crippen LogP contribution in [-0.2, 0) is 24.3 Å². The summed E-state index contributed by atoms with van der Waals surface area (Å²) in [6.07, 6.45) is 5.73. The average molecular weight is 433 g/mol. The van der Waals surface area contributed by atoms with E-state index in [0.717, 1.165) is 55.4 Å². The van der Waals surface area contributed by atoms with Crippen LogP contribution in [0.15, 0.2) is 52.0 Å². The molecular formula is C23H20N4O3S. The van der Waals surface area contributed by atoms with Crippen molar-refractivity contribution in [1.82, 2.24) is 15.0 Å². The second kappa shape index (κ2) is 6.90. The molecule has 1 N–H and O–H groups in total. The number of rotatable bonds is 4. The van der Waals surface area contributed by atoms with Crippen molar-refractivity contribution in [3.05, 3.63) is 60.0 Å². The summed E-state index contributed by atoms with van der Waals surface area (Å²) in [7, 11) is 0. The van der Waals surface area contributed by atoms with E-state index in [1.807, 2.05) is 24.3 Å². The Bertz CT molecular complexity index is 1390. The Morgan fingerprint density at radius 2 is 1.97 bits per heavy atom. The lowest BCUT2D eigenvalue weighted by atomic mass is 9.89. The molecule has 6 rings (SSSR count). The Kier molecular flexibility index (Phi) is 4.12. The highest BCUT2D eigenvalue weighted by molar-refractivity contribution is 7.26. The molecule has 0 aliphatic carbocycles. The maximum atomic E-state index is 6.14. The molecule has 0 saturated carbocycles. The number of hydrogen-bond donors (Lipinski definition) is 1. The predicted molar refractivity (Wildman–Crippen MR) is 119 cm³/mol. The Balaban J connectivity index is 1.57. The molecule has 5 aromatic heterocycles. The van der Waals surface area contributed by atoms with Gasteiger partial charge < -0.3 is 18.9 Å². The van der Waals surface area contributed by atoms with Crippen molar-refractivity contribution in [3.8, 4) is 11.5 Å². The second-order valence-electron chi connectivity index (χ2n) is 8.24. The number of nitrogens with one attached hydrogen (secondary N) is 1. The van der Waals surface area contributed by atoms with Gasteiger partial charge in [0, 0.05) is 17.4 Å². The van der Waals surface area contributed by atoms with Gasteiger partial charge in [-0.25, -0.2) is 15.0 Å². The molecular weight excluding hydrogens is 412 g/mol. The Hall–Kier alpha value is -3.23. The molecule has 0 unspecified atom stereocenters. The smallest absolute Gasteiger partial charge is 0.152 e. The first-order valence-corrected chi connectivity index (χ1v) is 10.9. The Morgan fingerprint density at radius 1 is 1.10 bits per heavy atom. The number of anilines is 1. The topological polar surface area (TPSA) is 86.2 Å². The van der Waals surface area contributed by atoms with Crippen LogP contribution in [-0.4, -0.2) is 20.6 Å². The molecule has 0 radical (unpaired) electrons. The lowest BCUT2D eigenvalue weighted by molar-refractivity contribution is -0.0395. The van der Waals surface area contributed by atoms with Gasteiger partial charge in [0.15, 0.2) is 5.76 Å². The highest BCUT2D eigenvalue weighted by Gasteiger charge is 2.32. The van der Waals surface area contributed by atoms with Crippen molar-refractivity contribution in [3.63, 3.8) is 0 Å². The number of aromatic nitrogens is 3. The normalized spacial score (nSPS) is 15.4. The van der Waals surface area contributed by atoms with Crippen molar-refractivity contribution < 1.29 is 13.6 Å². The van der Waals surface area contributed by atoms with E-state index >= 15 is 0 Å². The van der Waals surface area contributed by atoms with Crippen LogP contribution in [0.3, 0.4) is 0 Å². The van der Waals surface area contributed by atoms with Crippen molar-refractivity contribution in [1.29, 1.82) is 0 Å². The predicted octanol–water partition coefficient (Wildman–Crippen LogP) is 5.56. The molecule has 156 valence electrons. The zero-order valence-corrected chi connectivity index (χ0v) is 18.0. The lowest BCUT2D eigenvalue weighted by Crippen LogP contribution is -2.32. The molecule has 6 heterocycles. The number of furan rings is 2. The van der Waals surface area contributed by atoms with Crippen LogP contribution in [0.5, 0.6) is 0 Å². The van der Waals surface area contributed by atoms with Crippen LogP contribution >= 0.6 is 11.3 Å². The van der Waals surface area contributed by atoms with Crippen molar-refractivity contribution >= 4 is 37.6 Å². The minimum Gasteiger partial charge on any atom is -0.467 e. The van der Waals surface area contributed by atoms with Gasteiger partial charge in [-0.1, -0.05) is 0 Å². The molecule has 0 atom stereocenters. The maximum absolute atomic E-state index is 6.14. The van der Waals surface area contributed by atoms with Gasteiger partial charge in [0.25, 0.3) is 0 Å². The molecule has 0 aromatic carbocycles. The summed E-state index contributed by atoms with van der Waals surface area (Å²) in [6, 6.07) is 7.64. The van der Waals surface area contributed by atoms with E-state index in [2.05, 4.69) is 29.1 Å². The quantitative estimate of drug-likeness (QED) is 0.398. The fraction of sp³-hybridized carbons (Fsp3) is 0.261. The number of ether oxygens (including phenoxy) is 1. The van der Waals surface area contributed by atoms with Crippen molar-refractivity contribution in [2.45, 2.75) is 39.0 Å². The van der Waals surface area contributed by atoms with Gasteiger partial charge in [-0.15, -0.1) is 11.3 Å². The van der Waals surface area contributed by atoms with Gasteiger partial charge in [0.05, 0.1) is 41.5 Å². The first-order chi connectivity index (χ1) is 15.1. The maximum Gasteiger partial charge on any atom is 0.152 e. The van der Waals surface area contributed by atoms with E-state index in [1.165, 1.54) is 5.56 Å². The molecule has 5 aromatic rings. The van der Waals surface area contributed by atoms with E-state index in [-0.39, 0.29) is 5.60 Å².